The Bertz CT molecular complexity index is 782. The molecule has 3 aromatic rings. The molecule has 0 bridgehead atoms. The molecule has 0 saturated heterocycles. The van der Waals surface area contributed by atoms with E-state index in [1.165, 1.54) is 4.88 Å². The van der Waals surface area contributed by atoms with Crippen molar-refractivity contribution in [2.75, 3.05) is 20.6 Å². The molecule has 124 valence electrons. The van der Waals surface area contributed by atoms with Crippen LogP contribution in [-0.2, 0) is 0 Å². The standard InChI is InChI=1S/C17H19N5OS/c1-22(2)15(16-4-3-9-24-16)11-19-17(23)14-10-13(20-21-14)12-5-7-18-8-6-12/h3-10,15H,11H2,1-2H3,(H,19,23)(H,20,21)/t15-/m1/s1. The predicted molar refractivity (Wildman–Crippen MR) is 94.9 cm³/mol. The molecule has 3 heterocycles. The Kier molecular flexibility index (Phi) is 5.02. The number of aromatic amines is 1. The number of likely N-dealkylation sites (N-methyl/N-ethyl adjacent to an activating group) is 1. The van der Waals surface area contributed by atoms with Gasteiger partial charge in [-0.3, -0.25) is 14.9 Å². The van der Waals surface area contributed by atoms with Gasteiger partial charge in [-0.25, -0.2) is 0 Å². The minimum atomic E-state index is -0.161. The molecule has 0 radical (unpaired) electrons. The Hall–Kier alpha value is -2.51. The van der Waals surface area contributed by atoms with Gasteiger partial charge in [0, 0.05) is 29.4 Å². The van der Waals surface area contributed by atoms with Crippen LogP contribution < -0.4 is 5.32 Å². The summed E-state index contributed by atoms with van der Waals surface area (Å²) in [6, 6.07) is 9.72. The summed E-state index contributed by atoms with van der Waals surface area (Å²) in [5.41, 5.74) is 2.10. The van der Waals surface area contributed by atoms with E-state index in [4.69, 9.17) is 0 Å². The number of aromatic nitrogens is 3. The molecule has 6 nitrogen and oxygen atoms in total. The summed E-state index contributed by atoms with van der Waals surface area (Å²) >= 11 is 1.69. The second-order valence-corrected chi connectivity index (χ2v) is 6.59. The monoisotopic (exact) mass is 341 g/mol. The minimum Gasteiger partial charge on any atom is -0.349 e. The number of amides is 1. The van der Waals surface area contributed by atoms with Crippen LogP contribution in [0.4, 0.5) is 0 Å². The maximum atomic E-state index is 12.4. The van der Waals surface area contributed by atoms with Gasteiger partial charge in [0.05, 0.1) is 11.7 Å². The molecule has 0 saturated carbocycles. The van der Waals surface area contributed by atoms with Gasteiger partial charge >= 0.3 is 0 Å². The van der Waals surface area contributed by atoms with Crippen molar-refractivity contribution in [3.05, 3.63) is 58.7 Å². The van der Waals surface area contributed by atoms with E-state index in [2.05, 4.69) is 31.5 Å². The summed E-state index contributed by atoms with van der Waals surface area (Å²) in [5, 5.41) is 12.0. The SMILES string of the molecule is CN(C)[C@H](CNC(=O)c1cc(-c2ccncc2)n[nH]1)c1cccs1. The topological polar surface area (TPSA) is 73.9 Å². The van der Waals surface area contributed by atoms with Crippen LogP contribution in [0.5, 0.6) is 0 Å². The molecule has 0 fully saturated rings. The predicted octanol–water partition coefficient (Wildman–Crippen LogP) is 2.57. The summed E-state index contributed by atoms with van der Waals surface area (Å²) in [6.07, 6.45) is 3.40. The average molecular weight is 341 g/mol. The van der Waals surface area contributed by atoms with Gasteiger partial charge in [-0.2, -0.15) is 5.10 Å². The van der Waals surface area contributed by atoms with Crippen molar-refractivity contribution >= 4 is 17.2 Å². The van der Waals surface area contributed by atoms with Crippen molar-refractivity contribution in [2.24, 2.45) is 0 Å². The fraction of sp³-hybridized carbons (Fsp3) is 0.235. The van der Waals surface area contributed by atoms with Gasteiger partial charge in [0.2, 0.25) is 0 Å². The third-order valence-corrected chi connectivity index (χ3v) is 4.72. The largest absolute Gasteiger partial charge is 0.349 e. The van der Waals surface area contributed by atoms with Crippen LogP contribution in [0.25, 0.3) is 11.3 Å². The van der Waals surface area contributed by atoms with E-state index in [1.807, 2.05) is 37.7 Å². The Morgan fingerprint density at radius 1 is 1.33 bits per heavy atom. The lowest BCUT2D eigenvalue weighted by Crippen LogP contribution is -2.34. The Labute approximate surface area is 144 Å². The Morgan fingerprint density at radius 3 is 2.79 bits per heavy atom. The lowest BCUT2D eigenvalue weighted by Gasteiger charge is -2.23. The zero-order chi connectivity index (χ0) is 16.9. The number of H-pyrrole nitrogens is 1. The van der Waals surface area contributed by atoms with Gasteiger partial charge in [0.25, 0.3) is 5.91 Å². The van der Waals surface area contributed by atoms with Crippen molar-refractivity contribution < 1.29 is 4.79 Å². The molecule has 1 amide bonds. The first-order valence-electron chi connectivity index (χ1n) is 7.59. The van der Waals surface area contributed by atoms with E-state index in [-0.39, 0.29) is 11.9 Å². The van der Waals surface area contributed by atoms with Crippen LogP contribution in [0.15, 0.2) is 48.1 Å². The van der Waals surface area contributed by atoms with Gasteiger partial charge in [-0.05, 0) is 43.7 Å². The Balaban J connectivity index is 1.66. The van der Waals surface area contributed by atoms with Crippen LogP contribution in [0.3, 0.4) is 0 Å². The van der Waals surface area contributed by atoms with Crippen molar-refractivity contribution in [1.82, 2.24) is 25.4 Å². The number of hydrogen-bond donors (Lipinski definition) is 2. The highest BCUT2D eigenvalue weighted by molar-refractivity contribution is 7.10. The normalized spacial score (nSPS) is 12.3. The molecule has 0 aliphatic rings. The number of pyridine rings is 1. The van der Waals surface area contributed by atoms with Crippen LogP contribution in [0, 0.1) is 0 Å². The fourth-order valence-electron chi connectivity index (χ4n) is 2.41. The van der Waals surface area contributed by atoms with Crippen LogP contribution in [0.1, 0.15) is 21.4 Å². The Morgan fingerprint density at radius 2 is 2.12 bits per heavy atom. The third-order valence-electron chi connectivity index (χ3n) is 3.75. The van der Waals surface area contributed by atoms with Crippen molar-refractivity contribution in [1.29, 1.82) is 0 Å². The van der Waals surface area contributed by atoms with Crippen molar-refractivity contribution in [3.8, 4) is 11.3 Å². The fourth-order valence-corrected chi connectivity index (χ4v) is 3.33. The van der Waals surface area contributed by atoms with Crippen LogP contribution in [0.2, 0.25) is 0 Å². The van der Waals surface area contributed by atoms with Gasteiger partial charge < -0.3 is 10.2 Å². The van der Waals surface area contributed by atoms with Gasteiger partial charge in [0.1, 0.15) is 5.69 Å². The first kappa shape index (κ1) is 16.4. The van der Waals surface area contributed by atoms with Crippen molar-refractivity contribution in [3.63, 3.8) is 0 Å². The lowest BCUT2D eigenvalue weighted by atomic mass is 10.2. The summed E-state index contributed by atoms with van der Waals surface area (Å²) in [6.45, 7) is 0.538. The number of carbonyl (C=O) groups is 1. The molecule has 1 atom stereocenters. The second-order valence-electron chi connectivity index (χ2n) is 5.61. The first-order valence-corrected chi connectivity index (χ1v) is 8.47. The third kappa shape index (κ3) is 3.69. The summed E-state index contributed by atoms with van der Waals surface area (Å²) in [7, 11) is 4.02. The zero-order valence-electron chi connectivity index (χ0n) is 13.6. The molecule has 0 unspecified atom stereocenters. The van der Waals surface area contributed by atoms with E-state index in [1.54, 1.807) is 29.8 Å². The number of rotatable bonds is 6. The summed E-state index contributed by atoms with van der Waals surface area (Å²) in [5.74, 6) is -0.161. The van der Waals surface area contributed by atoms with Gasteiger partial charge in [0.15, 0.2) is 0 Å². The second kappa shape index (κ2) is 7.37. The number of hydrogen-bond acceptors (Lipinski definition) is 5. The van der Waals surface area contributed by atoms with E-state index in [9.17, 15) is 4.79 Å². The van der Waals surface area contributed by atoms with Crippen LogP contribution >= 0.6 is 11.3 Å². The average Bonchev–Trinajstić information content (AvgIpc) is 3.27. The number of carbonyl (C=O) groups excluding carboxylic acids is 1. The first-order chi connectivity index (χ1) is 11.6. The highest BCUT2D eigenvalue weighted by Crippen LogP contribution is 2.22. The number of nitrogens with one attached hydrogen (secondary N) is 2. The van der Waals surface area contributed by atoms with Gasteiger partial charge in [-0.15, -0.1) is 11.3 Å². The van der Waals surface area contributed by atoms with Crippen molar-refractivity contribution in [2.45, 2.75) is 6.04 Å². The summed E-state index contributed by atoms with van der Waals surface area (Å²) in [4.78, 5) is 19.7. The maximum Gasteiger partial charge on any atom is 0.269 e. The molecule has 2 N–H and O–H groups in total. The molecule has 0 aliphatic heterocycles. The number of nitrogens with zero attached hydrogens (tertiary/aromatic N) is 3. The molecular formula is C17H19N5OS. The number of thiophene rings is 1. The highest BCUT2D eigenvalue weighted by atomic mass is 32.1. The molecule has 0 aliphatic carbocycles. The zero-order valence-corrected chi connectivity index (χ0v) is 14.4. The van der Waals surface area contributed by atoms with Crippen LogP contribution in [-0.4, -0.2) is 46.6 Å². The smallest absolute Gasteiger partial charge is 0.269 e. The van der Waals surface area contributed by atoms with E-state index in [0.717, 1.165) is 11.3 Å². The lowest BCUT2D eigenvalue weighted by molar-refractivity contribution is 0.0937. The molecule has 3 rings (SSSR count). The molecule has 7 heteroatoms. The summed E-state index contributed by atoms with van der Waals surface area (Å²) < 4.78 is 0. The molecule has 0 aromatic carbocycles. The maximum absolute atomic E-state index is 12.4. The molecule has 0 spiro atoms. The molecular weight excluding hydrogens is 322 g/mol. The van der Waals surface area contributed by atoms with E-state index in [0.29, 0.717) is 12.2 Å². The molecule has 24 heavy (non-hydrogen) atoms. The van der Waals surface area contributed by atoms with E-state index >= 15 is 0 Å². The highest BCUT2D eigenvalue weighted by Gasteiger charge is 2.17. The molecule has 3 aromatic heterocycles. The van der Waals surface area contributed by atoms with E-state index < -0.39 is 0 Å². The van der Waals surface area contributed by atoms with Gasteiger partial charge in [-0.1, -0.05) is 6.07 Å². The quantitative estimate of drug-likeness (QED) is 0.723. The minimum absolute atomic E-state index is 0.150.